The van der Waals surface area contributed by atoms with Gasteiger partial charge in [-0.1, -0.05) is 30.3 Å². The molecule has 2 aromatic heterocycles. The van der Waals surface area contributed by atoms with Crippen LogP contribution in [0.4, 0.5) is 0 Å². The molecule has 1 atom stereocenters. The van der Waals surface area contributed by atoms with Crippen molar-refractivity contribution in [1.82, 2.24) is 19.9 Å². The molecule has 0 bridgehead atoms. The van der Waals surface area contributed by atoms with Crippen LogP contribution in [-0.2, 0) is 6.42 Å². The third-order valence-electron chi connectivity index (χ3n) is 3.51. The van der Waals surface area contributed by atoms with Crippen molar-refractivity contribution in [3.05, 3.63) is 66.2 Å². The van der Waals surface area contributed by atoms with Crippen LogP contribution in [0.25, 0.3) is 0 Å². The van der Waals surface area contributed by atoms with Gasteiger partial charge in [0.05, 0.1) is 26.0 Å². The highest BCUT2D eigenvalue weighted by molar-refractivity contribution is 5.25. The fourth-order valence-corrected chi connectivity index (χ4v) is 2.29. The quantitative estimate of drug-likeness (QED) is 0.655. The van der Waals surface area contributed by atoms with Crippen molar-refractivity contribution < 1.29 is 14.2 Å². The predicted octanol–water partition coefficient (Wildman–Crippen LogP) is 2.65. The lowest BCUT2D eigenvalue weighted by Gasteiger charge is -2.18. The summed E-state index contributed by atoms with van der Waals surface area (Å²) in [4.78, 5) is 16.9. The molecular weight excluding hydrogens is 320 g/mol. The fourth-order valence-electron chi connectivity index (χ4n) is 2.29. The molecule has 3 rings (SSSR count). The topological polar surface area (TPSA) is 79.2 Å². The molecule has 0 fully saturated rings. The number of rotatable bonds is 7. The number of hydrogen-bond donors (Lipinski definition) is 0. The molecule has 0 spiro atoms. The van der Waals surface area contributed by atoms with Gasteiger partial charge in [-0.3, -0.25) is 9.97 Å². The summed E-state index contributed by atoms with van der Waals surface area (Å²) in [7, 11) is 3.06. The van der Waals surface area contributed by atoms with E-state index < -0.39 is 0 Å². The molecule has 0 amide bonds. The lowest BCUT2D eigenvalue weighted by molar-refractivity contribution is 0.181. The molecule has 0 saturated carbocycles. The van der Waals surface area contributed by atoms with Crippen LogP contribution < -0.4 is 14.2 Å². The van der Waals surface area contributed by atoms with E-state index in [1.807, 2.05) is 30.3 Å². The van der Waals surface area contributed by atoms with E-state index in [1.165, 1.54) is 14.2 Å². The van der Waals surface area contributed by atoms with Crippen LogP contribution in [0.3, 0.4) is 0 Å². The van der Waals surface area contributed by atoms with Gasteiger partial charge in [-0.05, 0) is 5.56 Å². The lowest BCUT2D eigenvalue weighted by Crippen LogP contribution is -2.14. The van der Waals surface area contributed by atoms with Gasteiger partial charge in [-0.15, -0.1) is 0 Å². The molecule has 0 aliphatic carbocycles. The van der Waals surface area contributed by atoms with Crippen LogP contribution in [0.15, 0.2) is 55.0 Å². The first-order valence-corrected chi connectivity index (χ1v) is 7.72. The molecule has 25 heavy (non-hydrogen) atoms. The number of hydrogen-bond acceptors (Lipinski definition) is 7. The molecule has 0 radical (unpaired) electrons. The average molecular weight is 338 g/mol. The first-order valence-electron chi connectivity index (χ1n) is 7.72. The van der Waals surface area contributed by atoms with E-state index in [4.69, 9.17) is 14.2 Å². The zero-order valence-corrected chi connectivity index (χ0v) is 14.0. The maximum absolute atomic E-state index is 6.04. The van der Waals surface area contributed by atoms with Gasteiger partial charge in [0.15, 0.2) is 0 Å². The summed E-state index contributed by atoms with van der Waals surface area (Å²) < 4.78 is 16.4. The third kappa shape index (κ3) is 4.41. The maximum atomic E-state index is 6.04. The Morgan fingerprint density at radius 1 is 0.960 bits per heavy atom. The zero-order chi connectivity index (χ0) is 17.5. The SMILES string of the molecule is COc1cc(OC)nc(OC(Cc2cnccn2)c2ccccc2)n1. The van der Waals surface area contributed by atoms with Crippen LogP contribution in [0, 0.1) is 0 Å². The molecule has 7 heteroatoms. The summed E-state index contributed by atoms with van der Waals surface area (Å²) in [6.45, 7) is 0. The second-order valence-corrected chi connectivity index (χ2v) is 5.15. The average Bonchev–Trinajstić information content (AvgIpc) is 2.68. The Kier molecular flexibility index (Phi) is 5.36. The summed E-state index contributed by atoms with van der Waals surface area (Å²) in [6.07, 6.45) is 5.21. The Morgan fingerprint density at radius 2 is 1.68 bits per heavy atom. The monoisotopic (exact) mass is 338 g/mol. The summed E-state index contributed by atoms with van der Waals surface area (Å²) >= 11 is 0. The van der Waals surface area contributed by atoms with Crippen molar-refractivity contribution in [3.63, 3.8) is 0 Å². The summed E-state index contributed by atoms with van der Waals surface area (Å²) in [5.41, 5.74) is 1.80. The zero-order valence-electron chi connectivity index (χ0n) is 14.0. The van der Waals surface area contributed by atoms with E-state index in [0.717, 1.165) is 11.3 Å². The number of methoxy groups -OCH3 is 2. The van der Waals surface area contributed by atoms with Crippen LogP contribution in [0.5, 0.6) is 17.8 Å². The highest BCUT2D eigenvalue weighted by Gasteiger charge is 2.18. The molecule has 3 aromatic rings. The minimum atomic E-state index is -0.324. The van der Waals surface area contributed by atoms with E-state index in [-0.39, 0.29) is 12.1 Å². The molecule has 0 aliphatic heterocycles. The molecule has 2 heterocycles. The molecule has 128 valence electrons. The molecular formula is C18H18N4O3. The van der Waals surface area contributed by atoms with Gasteiger partial charge in [-0.2, -0.15) is 9.97 Å². The standard InChI is InChI=1S/C18H18N4O3/c1-23-16-11-17(24-2)22-18(21-16)25-15(13-6-4-3-5-7-13)10-14-12-19-8-9-20-14/h3-9,11-12,15H,10H2,1-2H3. The smallest absolute Gasteiger partial charge is 0.323 e. The number of nitrogens with zero attached hydrogens (tertiary/aromatic N) is 4. The Bertz CT molecular complexity index is 778. The van der Waals surface area contributed by atoms with Gasteiger partial charge in [0.1, 0.15) is 6.10 Å². The highest BCUT2D eigenvalue weighted by atomic mass is 16.5. The van der Waals surface area contributed by atoms with Crippen molar-refractivity contribution in [2.24, 2.45) is 0 Å². The number of benzene rings is 1. The predicted molar refractivity (Wildman–Crippen MR) is 90.7 cm³/mol. The van der Waals surface area contributed by atoms with E-state index in [2.05, 4.69) is 19.9 Å². The largest absolute Gasteiger partial charge is 0.481 e. The second kappa shape index (κ2) is 8.05. The normalized spacial score (nSPS) is 11.6. The molecule has 1 aromatic carbocycles. The highest BCUT2D eigenvalue weighted by Crippen LogP contribution is 2.26. The van der Waals surface area contributed by atoms with Crippen molar-refractivity contribution in [2.75, 3.05) is 14.2 Å². The first-order chi connectivity index (χ1) is 12.3. The maximum Gasteiger partial charge on any atom is 0.323 e. The van der Waals surface area contributed by atoms with Crippen molar-refractivity contribution in [2.45, 2.75) is 12.5 Å². The van der Waals surface area contributed by atoms with Crippen LogP contribution in [0.2, 0.25) is 0 Å². The minimum Gasteiger partial charge on any atom is -0.481 e. The van der Waals surface area contributed by atoms with Crippen molar-refractivity contribution >= 4 is 0 Å². The van der Waals surface area contributed by atoms with Gasteiger partial charge in [0.25, 0.3) is 0 Å². The molecule has 0 N–H and O–H groups in total. The number of aromatic nitrogens is 4. The molecule has 1 unspecified atom stereocenters. The first kappa shape index (κ1) is 16.6. The second-order valence-electron chi connectivity index (χ2n) is 5.15. The summed E-state index contributed by atoms with van der Waals surface area (Å²) in [5, 5.41) is 0. The van der Waals surface area contributed by atoms with E-state index in [9.17, 15) is 0 Å². The lowest BCUT2D eigenvalue weighted by atomic mass is 10.1. The van der Waals surface area contributed by atoms with Crippen LogP contribution in [-0.4, -0.2) is 34.2 Å². The Balaban J connectivity index is 1.90. The van der Waals surface area contributed by atoms with E-state index in [0.29, 0.717) is 18.2 Å². The van der Waals surface area contributed by atoms with E-state index in [1.54, 1.807) is 24.7 Å². The Hall–Kier alpha value is -3.22. The molecule has 0 aliphatic rings. The summed E-state index contributed by atoms with van der Waals surface area (Å²) in [5.74, 6) is 0.737. The third-order valence-corrected chi connectivity index (χ3v) is 3.51. The van der Waals surface area contributed by atoms with Crippen molar-refractivity contribution in [1.29, 1.82) is 0 Å². The fraction of sp³-hybridized carbons (Fsp3) is 0.222. The van der Waals surface area contributed by atoms with Gasteiger partial charge >= 0.3 is 6.01 Å². The van der Waals surface area contributed by atoms with Gasteiger partial charge in [-0.25, -0.2) is 0 Å². The van der Waals surface area contributed by atoms with Crippen molar-refractivity contribution in [3.8, 4) is 17.8 Å². The summed E-state index contributed by atoms with van der Waals surface area (Å²) in [6, 6.07) is 11.6. The van der Waals surface area contributed by atoms with Gasteiger partial charge in [0.2, 0.25) is 11.8 Å². The molecule has 0 saturated heterocycles. The Morgan fingerprint density at radius 3 is 2.28 bits per heavy atom. The Labute approximate surface area is 145 Å². The van der Waals surface area contributed by atoms with Gasteiger partial charge < -0.3 is 14.2 Å². The van der Waals surface area contributed by atoms with Crippen LogP contribution >= 0.6 is 0 Å². The van der Waals surface area contributed by atoms with E-state index >= 15 is 0 Å². The molecule has 7 nitrogen and oxygen atoms in total. The van der Waals surface area contributed by atoms with Crippen LogP contribution in [0.1, 0.15) is 17.4 Å². The minimum absolute atomic E-state index is 0.175. The number of ether oxygens (including phenoxy) is 3. The van der Waals surface area contributed by atoms with Gasteiger partial charge in [0, 0.05) is 25.0 Å².